The summed E-state index contributed by atoms with van der Waals surface area (Å²) < 4.78 is 12.8. The van der Waals surface area contributed by atoms with Crippen LogP contribution in [0.1, 0.15) is 17.2 Å². The third-order valence-electron chi connectivity index (χ3n) is 3.22. The summed E-state index contributed by atoms with van der Waals surface area (Å²) >= 11 is 0. The zero-order valence-electron chi connectivity index (χ0n) is 11.7. The molecule has 0 aromatic heterocycles. The molecule has 2 aromatic rings. The number of benzene rings is 2. The Bertz CT molecular complexity index is 695. The van der Waals surface area contributed by atoms with Crippen LogP contribution in [0.15, 0.2) is 48.5 Å². The van der Waals surface area contributed by atoms with Gasteiger partial charge in [0.15, 0.2) is 0 Å². The van der Waals surface area contributed by atoms with Gasteiger partial charge in [-0.25, -0.2) is 4.39 Å². The van der Waals surface area contributed by atoms with Crippen LogP contribution in [-0.2, 0) is 6.42 Å². The van der Waals surface area contributed by atoms with E-state index < -0.39 is 11.0 Å². The Balaban J connectivity index is 1.98. The van der Waals surface area contributed by atoms with Gasteiger partial charge in [-0.05, 0) is 29.7 Å². The molecule has 1 atom stereocenters. The summed E-state index contributed by atoms with van der Waals surface area (Å²) in [6, 6.07) is 13.6. The number of nitrogens with one attached hydrogen (secondary N) is 1. The van der Waals surface area contributed by atoms with Gasteiger partial charge in [0.25, 0.3) is 5.69 Å². The first-order valence-electron chi connectivity index (χ1n) is 6.72. The molecule has 112 valence electrons. The van der Waals surface area contributed by atoms with Crippen LogP contribution in [0.5, 0.6) is 0 Å². The van der Waals surface area contributed by atoms with Crippen molar-refractivity contribution in [3.05, 3.63) is 75.6 Å². The third-order valence-corrected chi connectivity index (χ3v) is 3.22. The lowest BCUT2D eigenvalue weighted by molar-refractivity contribution is -0.384. The number of non-ortho nitro benzene ring substituents is 1. The average Bonchev–Trinajstić information content (AvgIpc) is 2.53. The summed E-state index contributed by atoms with van der Waals surface area (Å²) in [7, 11) is 0. The van der Waals surface area contributed by atoms with Gasteiger partial charge < -0.3 is 0 Å². The van der Waals surface area contributed by atoms with Crippen LogP contribution in [0.2, 0.25) is 0 Å². The molecule has 0 amide bonds. The predicted octanol–water partition coefficient (Wildman–Crippen LogP) is 3.13. The van der Waals surface area contributed by atoms with Crippen molar-refractivity contribution in [1.29, 1.82) is 5.26 Å². The van der Waals surface area contributed by atoms with Gasteiger partial charge in [0, 0.05) is 18.7 Å². The van der Waals surface area contributed by atoms with Crippen LogP contribution in [-0.4, -0.2) is 11.5 Å². The average molecular weight is 299 g/mol. The molecule has 0 aliphatic carbocycles. The lowest BCUT2D eigenvalue weighted by atomic mass is 10.1. The van der Waals surface area contributed by atoms with E-state index in [0.29, 0.717) is 18.5 Å². The van der Waals surface area contributed by atoms with Gasteiger partial charge in [0.1, 0.15) is 11.9 Å². The Labute approximate surface area is 127 Å². The van der Waals surface area contributed by atoms with E-state index in [1.165, 1.54) is 24.3 Å². The summed E-state index contributed by atoms with van der Waals surface area (Å²) in [5.41, 5.74) is 1.46. The van der Waals surface area contributed by atoms with Gasteiger partial charge in [-0.1, -0.05) is 24.3 Å². The Morgan fingerprint density at radius 2 is 2.00 bits per heavy atom. The molecule has 2 rings (SSSR count). The quantitative estimate of drug-likeness (QED) is 0.656. The van der Waals surface area contributed by atoms with Crippen molar-refractivity contribution in [2.75, 3.05) is 6.54 Å². The summed E-state index contributed by atoms with van der Waals surface area (Å²) in [4.78, 5) is 10.3. The molecule has 0 saturated heterocycles. The highest BCUT2D eigenvalue weighted by atomic mass is 19.1. The van der Waals surface area contributed by atoms with Crippen LogP contribution in [0.3, 0.4) is 0 Å². The number of hydrogen-bond donors (Lipinski definition) is 1. The van der Waals surface area contributed by atoms with E-state index in [1.807, 2.05) is 0 Å². The first kappa shape index (κ1) is 15.6. The zero-order valence-corrected chi connectivity index (χ0v) is 11.7. The maximum Gasteiger partial charge on any atom is 0.269 e. The van der Waals surface area contributed by atoms with Crippen molar-refractivity contribution in [3.63, 3.8) is 0 Å². The molecule has 1 unspecified atom stereocenters. The summed E-state index contributed by atoms with van der Waals surface area (Å²) in [5.74, 6) is -0.289. The van der Waals surface area contributed by atoms with Crippen molar-refractivity contribution in [2.24, 2.45) is 0 Å². The maximum atomic E-state index is 12.8. The van der Waals surface area contributed by atoms with Crippen molar-refractivity contribution in [2.45, 2.75) is 12.5 Å². The van der Waals surface area contributed by atoms with Crippen LogP contribution >= 0.6 is 0 Å². The Hall–Kier alpha value is -2.78. The van der Waals surface area contributed by atoms with Crippen molar-refractivity contribution < 1.29 is 9.31 Å². The molecular formula is C16H14FN3O2. The molecule has 6 heteroatoms. The van der Waals surface area contributed by atoms with E-state index in [2.05, 4.69) is 11.4 Å². The van der Waals surface area contributed by atoms with Crippen LogP contribution in [0, 0.1) is 27.3 Å². The highest BCUT2D eigenvalue weighted by molar-refractivity contribution is 5.37. The van der Waals surface area contributed by atoms with E-state index in [1.54, 1.807) is 24.3 Å². The monoisotopic (exact) mass is 299 g/mol. The molecule has 22 heavy (non-hydrogen) atoms. The molecule has 0 aliphatic rings. The third kappa shape index (κ3) is 4.11. The fourth-order valence-corrected chi connectivity index (χ4v) is 2.07. The van der Waals surface area contributed by atoms with Gasteiger partial charge in [-0.3, -0.25) is 15.4 Å². The number of nitro groups is 1. The molecule has 2 aromatic carbocycles. The van der Waals surface area contributed by atoms with E-state index in [4.69, 9.17) is 0 Å². The highest BCUT2D eigenvalue weighted by Crippen LogP contribution is 2.18. The zero-order chi connectivity index (χ0) is 15.9. The van der Waals surface area contributed by atoms with Gasteiger partial charge in [0.2, 0.25) is 0 Å². The minimum absolute atomic E-state index is 0.0434. The smallest absolute Gasteiger partial charge is 0.269 e. The normalized spacial score (nSPS) is 11.6. The van der Waals surface area contributed by atoms with Crippen molar-refractivity contribution in [3.8, 4) is 6.07 Å². The minimum Gasteiger partial charge on any atom is -0.298 e. The van der Waals surface area contributed by atoms with Gasteiger partial charge in [0.05, 0.1) is 11.0 Å². The van der Waals surface area contributed by atoms with Crippen LogP contribution < -0.4 is 5.32 Å². The fraction of sp³-hybridized carbons (Fsp3) is 0.188. The van der Waals surface area contributed by atoms with E-state index in [9.17, 15) is 19.8 Å². The summed E-state index contributed by atoms with van der Waals surface area (Å²) in [6.45, 7) is 0.506. The first-order chi connectivity index (χ1) is 10.6. The van der Waals surface area contributed by atoms with Gasteiger partial charge in [-0.15, -0.1) is 0 Å². The molecular weight excluding hydrogens is 285 g/mol. The first-order valence-corrected chi connectivity index (χ1v) is 6.72. The maximum absolute atomic E-state index is 12.8. The summed E-state index contributed by atoms with van der Waals surface area (Å²) in [5, 5.41) is 23.0. The SMILES string of the molecule is N#CC(NCCc1ccc(F)cc1)c1cccc([N+](=O)[O-])c1. The minimum atomic E-state index is -0.625. The van der Waals surface area contributed by atoms with E-state index >= 15 is 0 Å². The largest absolute Gasteiger partial charge is 0.298 e. The Kier molecular flexibility index (Phi) is 5.17. The van der Waals surface area contributed by atoms with Crippen LogP contribution in [0.25, 0.3) is 0 Å². The standard InChI is InChI=1S/C16H14FN3O2/c17-14-6-4-12(5-7-14)8-9-19-16(11-18)13-2-1-3-15(10-13)20(21)22/h1-7,10,16,19H,8-9H2. The van der Waals surface area contributed by atoms with Gasteiger partial charge >= 0.3 is 0 Å². The second-order valence-electron chi connectivity index (χ2n) is 4.74. The molecule has 5 nitrogen and oxygen atoms in total. The van der Waals surface area contributed by atoms with Crippen molar-refractivity contribution >= 4 is 5.69 Å². The fourth-order valence-electron chi connectivity index (χ4n) is 2.07. The number of rotatable bonds is 6. The predicted molar refractivity (Wildman–Crippen MR) is 79.6 cm³/mol. The van der Waals surface area contributed by atoms with Crippen LogP contribution in [0.4, 0.5) is 10.1 Å². The second kappa shape index (κ2) is 7.29. The molecule has 0 spiro atoms. The summed E-state index contributed by atoms with van der Waals surface area (Å²) in [6.07, 6.45) is 0.632. The molecule has 0 fully saturated rings. The molecule has 0 bridgehead atoms. The number of halogens is 1. The molecule has 0 aliphatic heterocycles. The molecule has 0 heterocycles. The second-order valence-corrected chi connectivity index (χ2v) is 4.74. The number of nitrogens with zero attached hydrogens (tertiary/aromatic N) is 2. The molecule has 0 saturated carbocycles. The lowest BCUT2D eigenvalue weighted by Gasteiger charge is -2.11. The lowest BCUT2D eigenvalue weighted by Crippen LogP contribution is -2.22. The number of nitriles is 1. The molecule has 1 N–H and O–H groups in total. The Morgan fingerprint density at radius 3 is 2.64 bits per heavy atom. The molecule has 0 radical (unpaired) electrons. The number of nitro benzene ring substituents is 1. The number of hydrogen-bond acceptors (Lipinski definition) is 4. The van der Waals surface area contributed by atoms with Gasteiger partial charge in [-0.2, -0.15) is 5.26 Å². The Morgan fingerprint density at radius 1 is 1.27 bits per heavy atom. The van der Waals surface area contributed by atoms with Crippen molar-refractivity contribution in [1.82, 2.24) is 5.32 Å². The van der Waals surface area contributed by atoms with E-state index in [-0.39, 0.29) is 11.5 Å². The topological polar surface area (TPSA) is 79.0 Å². The highest BCUT2D eigenvalue weighted by Gasteiger charge is 2.13. The van der Waals surface area contributed by atoms with E-state index in [0.717, 1.165) is 5.56 Å².